The zero-order valence-corrected chi connectivity index (χ0v) is 16.5. The van der Waals surface area contributed by atoms with E-state index in [0.717, 1.165) is 47.1 Å². The van der Waals surface area contributed by atoms with Gasteiger partial charge in [0.05, 0.1) is 6.10 Å². The van der Waals surface area contributed by atoms with Gasteiger partial charge in [-0.15, -0.1) is 0 Å². The molecule has 148 valence electrons. The van der Waals surface area contributed by atoms with Crippen molar-refractivity contribution < 1.29 is 18.4 Å². The van der Waals surface area contributed by atoms with Gasteiger partial charge in [-0.25, -0.2) is 4.79 Å². The van der Waals surface area contributed by atoms with Crippen LogP contribution in [0.5, 0.6) is 0 Å². The molecule has 2 aromatic heterocycles. The van der Waals surface area contributed by atoms with Crippen LogP contribution in [0.3, 0.4) is 0 Å². The number of ether oxygens (including phenoxy) is 1. The van der Waals surface area contributed by atoms with Crippen LogP contribution in [0.4, 0.5) is 0 Å². The number of amides is 1. The summed E-state index contributed by atoms with van der Waals surface area (Å²) < 4.78 is 16.8. The Labute approximate surface area is 162 Å². The lowest BCUT2D eigenvalue weighted by Gasteiger charge is -2.11. The van der Waals surface area contributed by atoms with E-state index in [0.29, 0.717) is 29.7 Å². The molecule has 0 saturated carbocycles. The topological polar surface area (TPSA) is 81.7 Å². The lowest BCUT2D eigenvalue weighted by atomic mass is 10.0. The highest BCUT2D eigenvalue weighted by Crippen LogP contribution is 2.31. The van der Waals surface area contributed by atoms with E-state index >= 15 is 0 Å². The summed E-state index contributed by atoms with van der Waals surface area (Å²) in [5.41, 5.74) is 3.32. The monoisotopic (exact) mass is 383 g/mol. The fourth-order valence-corrected chi connectivity index (χ4v) is 3.87. The molecule has 1 aromatic carbocycles. The molecule has 1 N–H and O–H groups in total. The van der Waals surface area contributed by atoms with Crippen molar-refractivity contribution in [2.75, 3.05) is 13.2 Å². The summed E-state index contributed by atoms with van der Waals surface area (Å²) in [6.07, 6.45) is 2.73. The first-order chi connectivity index (χ1) is 13.4. The summed E-state index contributed by atoms with van der Waals surface area (Å²) in [7, 11) is 0. The average Bonchev–Trinajstić information content (AvgIpc) is 3.27. The molecule has 1 fully saturated rings. The number of hydrogen-bond acceptors (Lipinski definition) is 5. The third-order valence-corrected chi connectivity index (χ3v) is 5.74. The molecule has 0 unspecified atom stereocenters. The minimum absolute atomic E-state index is 0.0776. The molecule has 0 bridgehead atoms. The van der Waals surface area contributed by atoms with E-state index in [2.05, 4.69) is 5.32 Å². The Morgan fingerprint density at radius 2 is 1.86 bits per heavy atom. The highest BCUT2D eigenvalue weighted by Gasteiger charge is 2.18. The van der Waals surface area contributed by atoms with Crippen LogP contribution in [0.15, 0.2) is 25.8 Å². The van der Waals surface area contributed by atoms with Gasteiger partial charge in [-0.3, -0.25) is 4.79 Å². The first-order valence-corrected chi connectivity index (χ1v) is 9.78. The molecule has 1 amide bonds. The van der Waals surface area contributed by atoms with E-state index in [4.69, 9.17) is 13.6 Å². The molecule has 1 saturated heterocycles. The SMILES string of the molecule is Cc1oc2cc3oc(=O)c(CCC(=O)NC[C@@H]4CCCO4)c(C)c3cc2c1C. The number of carbonyl (C=O) groups excluding carboxylic acids is 1. The van der Waals surface area contributed by atoms with Crippen LogP contribution in [-0.2, 0) is 16.0 Å². The molecule has 1 aliphatic rings. The number of carbonyl (C=O) groups is 1. The van der Waals surface area contributed by atoms with Gasteiger partial charge < -0.3 is 18.9 Å². The molecule has 0 radical (unpaired) electrons. The number of nitrogens with one attached hydrogen (secondary N) is 1. The number of rotatable bonds is 5. The van der Waals surface area contributed by atoms with Crippen molar-refractivity contribution in [1.29, 1.82) is 0 Å². The van der Waals surface area contributed by atoms with E-state index in [1.807, 2.05) is 26.8 Å². The van der Waals surface area contributed by atoms with Crippen molar-refractivity contribution in [3.8, 4) is 0 Å². The molecule has 0 spiro atoms. The highest BCUT2D eigenvalue weighted by atomic mass is 16.5. The molecule has 0 aliphatic carbocycles. The maximum Gasteiger partial charge on any atom is 0.339 e. The third kappa shape index (κ3) is 3.44. The summed E-state index contributed by atoms with van der Waals surface area (Å²) in [6, 6.07) is 3.78. The Morgan fingerprint density at radius 3 is 2.61 bits per heavy atom. The highest BCUT2D eigenvalue weighted by molar-refractivity contribution is 5.96. The lowest BCUT2D eigenvalue weighted by molar-refractivity contribution is -0.121. The molecule has 6 nitrogen and oxygen atoms in total. The Kier molecular flexibility index (Phi) is 4.98. The Balaban J connectivity index is 1.56. The van der Waals surface area contributed by atoms with Crippen LogP contribution >= 0.6 is 0 Å². The Hall–Kier alpha value is -2.60. The molecule has 3 aromatic rings. The van der Waals surface area contributed by atoms with Crippen LogP contribution in [0.1, 0.15) is 41.7 Å². The van der Waals surface area contributed by atoms with Crippen LogP contribution in [0.25, 0.3) is 21.9 Å². The molecular formula is C22H25NO5. The van der Waals surface area contributed by atoms with Crippen molar-refractivity contribution in [1.82, 2.24) is 5.32 Å². The second kappa shape index (κ2) is 7.43. The number of furan rings is 1. The standard InChI is InChI=1S/C22H25NO5/c1-12-14(3)27-19-10-20-18(9-17(12)19)13(2)16(22(25)28-20)6-7-21(24)23-11-15-5-4-8-26-15/h9-10,15H,4-8,11H2,1-3H3,(H,23,24)/t15-/m0/s1. The van der Waals surface area contributed by atoms with Gasteiger partial charge in [-0.2, -0.15) is 0 Å². The lowest BCUT2D eigenvalue weighted by Crippen LogP contribution is -2.32. The van der Waals surface area contributed by atoms with Crippen molar-refractivity contribution in [3.63, 3.8) is 0 Å². The molecule has 28 heavy (non-hydrogen) atoms. The van der Waals surface area contributed by atoms with Crippen molar-refractivity contribution in [3.05, 3.63) is 45.0 Å². The fraction of sp³-hybridized carbons (Fsp3) is 0.455. The zero-order valence-electron chi connectivity index (χ0n) is 16.5. The van der Waals surface area contributed by atoms with Gasteiger partial charge in [0.15, 0.2) is 0 Å². The largest absolute Gasteiger partial charge is 0.461 e. The van der Waals surface area contributed by atoms with Crippen LogP contribution < -0.4 is 10.9 Å². The quantitative estimate of drug-likeness (QED) is 0.680. The smallest absolute Gasteiger partial charge is 0.339 e. The number of aryl methyl sites for hydroxylation is 3. The van der Waals surface area contributed by atoms with E-state index in [-0.39, 0.29) is 18.4 Å². The fourth-order valence-electron chi connectivity index (χ4n) is 3.87. The third-order valence-electron chi connectivity index (χ3n) is 5.74. The summed E-state index contributed by atoms with van der Waals surface area (Å²) in [6.45, 7) is 7.14. The number of benzene rings is 1. The van der Waals surface area contributed by atoms with Crippen LogP contribution in [0.2, 0.25) is 0 Å². The van der Waals surface area contributed by atoms with Crippen molar-refractivity contribution in [2.24, 2.45) is 0 Å². The first-order valence-electron chi connectivity index (χ1n) is 9.78. The first kappa shape index (κ1) is 18.7. The Morgan fingerprint density at radius 1 is 1.11 bits per heavy atom. The summed E-state index contributed by atoms with van der Waals surface area (Å²) in [5, 5.41) is 4.79. The van der Waals surface area contributed by atoms with E-state index in [1.165, 1.54) is 0 Å². The maximum absolute atomic E-state index is 12.5. The van der Waals surface area contributed by atoms with Gasteiger partial charge in [0.1, 0.15) is 16.9 Å². The van der Waals surface area contributed by atoms with E-state index < -0.39 is 5.63 Å². The normalized spacial score (nSPS) is 16.9. The molecule has 1 aliphatic heterocycles. The molecule has 6 heteroatoms. The van der Waals surface area contributed by atoms with E-state index in [9.17, 15) is 9.59 Å². The van der Waals surface area contributed by atoms with Gasteiger partial charge in [0, 0.05) is 42.0 Å². The van der Waals surface area contributed by atoms with Gasteiger partial charge in [-0.05, 0) is 57.2 Å². The van der Waals surface area contributed by atoms with Crippen molar-refractivity contribution in [2.45, 2.75) is 52.6 Å². The summed E-state index contributed by atoms with van der Waals surface area (Å²) in [5.74, 6) is 0.777. The Bertz CT molecular complexity index is 1100. The van der Waals surface area contributed by atoms with E-state index in [1.54, 1.807) is 6.07 Å². The molecule has 4 rings (SSSR count). The summed E-state index contributed by atoms with van der Waals surface area (Å²) >= 11 is 0. The van der Waals surface area contributed by atoms with Gasteiger partial charge in [-0.1, -0.05) is 0 Å². The van der Waals surface area contributed by atoms with Gasteiger partial charge in [0.2, 0.25) is 5.91 Å². The minimum atomic E-state index is -0.392. The van der Waals surface area contributed by atoms with Crippen LogP contribution in [-0.4, -0.2) is 25.2 Å². The zero-order chi connectivity index (χ0) is 19.8. The minimum Gasteiger partial charge on any atom is -0.461 e. The van der Waals surface area contributed by atoms with Gasteiger partial charge >= 0.3 is 5.63 Å². The van der Waals surface area contributed by atoms with Gasteiger partial charge in [0.25, 0.3) is 0 Å². The number of fused-ring (bicyclic) bond motifs is 2. The predicted molar refractivity (Wildman–Crippen MR) is 107 cm³/mol. The number of hydrogen-bond donors (Lipinski definition) is 1. The second-order valence-corrected chi connectivity index (χ2v) is 7.56. The summed E-state index contributed by atoms with van der Waals surface area (Å²) in [4.78, 5) is 24.7. The average molecular weight is 383 g/mol. The predicted octanol–water partition coefficient (Wildman–Crippen LogP) is 3.69. The molecule has 3 heterocycles. The van der Waals surface area contributed by atoms with Crippen LogP contribution in [0, 0.1) is 20.8 Å². The molecule has 1 atom stereocenters. The maximum atomic E-state index is 12.5. The molecular weight excluding hydrogens is 358 g/mol. The van der Waals surface area contributed by atoms with Crippen molar-refractivity contribution >= 4 is 27.8 Å². The second-order valence-electron chi connectivity index (χ2n) is 7.56.